The molecular formula is C9H8N2O. The summed E-state index contributed by atoms with van der Waals surface area (Å²) < 4.78 is 0. The first kappa shape index (κ1) is 8.49. The second-order valence-corrected chi connectivity index (χ2v) is 3.15. The van der Waals surface area contributed by atoms with Crippen LogP contribution in [-0.4, -0.2) is 5.78 Å². The Morgan fingerprint density at radius 1 is 1.67 bits per heavy atom. The second-order valence-electron chi connectivity index (χ2n) is 3.15. The van der Waals surface area contributed by atoms with Crippen molar-refractivity contribution in [2.45, 2.75) is 13.3 Å². The smallest absolute Gasteiger partial charge is 0.172 e. The fraction of sp³-hybridized carbons (Fsp3) is 0.444. The van der Waals surface area contributed by atoms with E-state index in [0.29, 0.717) is 6.42 Å². The van der Waals surface area contributed by atoms with Crippen LogP contribution >= 0.6 is 0 Å². The van der Waals surface area contributed by atoms with Gasteiger partial charge in [-0.15, -0.1) is 0 Å². The number of allylic oxidation sites excluding steroid dienone is 2. The zero-order chi connectivity index (χ0) is 9.19. The lowest BCUT2D eigenvalue weighted by Crippen LogP contribution is -2.25. The van der Waals surface area contributed by atoms with Gasteiger partial charge in [-0.25, -0.2) is 0 Å². The number of ketones is 1. The van der Waals surface area contributed by atoms with E-state index in [4.69, 9.17) is 10.5 Å². The maximum absolute atomic E-state index is 11.0. The predicted octanol–water partition coefficient (Wildman–Crippen LogP) is 1.19. The molecule has 0 heterocycles. The Bertz CT molecular complexity index is 318. The van der Waals surface area contributed by atoms with Gasteiger partial charge in [0.2, 0.25) is 0 Å². The van der Waals surface area contributed by atoms with Crippen LogP contribution in [0.3, 0.4) is 0 Å². The Morgan fingerprint density at radius 3 is 2.83 bits per heavy atom. The number of hydrogen-bond acceptors (Lipinski definition) is 3. The van der Waals surface area contributed by atoms with Gasteiger partial charge in [0.15, 0.2) is 5.78 Å². The summed E-state index contributed by atoms with van der Waals surface area (Å²) in [4.78, 5) is 11.0. The van der Waals surface area contributed by atoms with Crippen molar-refractivity contribution < 1.29 is 4.79 Å². The van der Waals surface area contributed by atoms with Crippen molar-refractivity contribution in [1.29, 1.82) is 10.5 Å². The molecule has 0 aromatic rings. The molecule has 0 radical (unpaired) electrons. The van der Waals surface area contributed by atoms with Gasteiger partial charge in [-0.3, -0.25) is 4.79 Å². The Morgan fingerprint density at radius 2 is 2.33 bits per heavy atom. The summed E-state index contributed by atoms with van der Waals surface area (Å²) in [6, 6.07) is 3.97. The molecule has 3 heteroatoms. The molecule has 1 rings (SSSR count). The van der Waals surface area contributed by atoms with E-state index in [9.17, 15) is 4.79 Å². The second kappa shape index (κ2) is 2.79. The van der Waals surface area contributed by atoms with Crippen LogP contribution in [-0.2, 0) is 4.79 Å². The van der Waals surface area contributed by atoms with E-state index >= 15 is 0 Å². The van der Waals surface area contributed by atoms with Crippen molar-refractivity contribution in [3.05, 3.63) is 12.2 Å². The standard InChI is InChI=1S/C9H8N2O/c1-9(6-11)3-2-8(12)7(4-9)5-10/h2-3,7H,4H2,1H3. The Labute approximate surface area is 70.9 Å². The van der Waals surface area contributed by atoms with Crippen molar-refractivity contribution in [3.63, 3.8) is 0 Å². The maximum atomic E-state index is 11.0. The van der Waals surface area contributed by atoms with E-state index < -0.39 is 11.3 Å². The van der Waals surface area contributed by atoms with Crippen molar-refractivity contribution in [1.82, 2.24) is 0 Å². The van der Waals surface area contributed by atoms with Crippen LogP contribution in [0.1, 0.15) is 13.3 Å². The average Bonchev–Trinajstić information content (AvgIpc) is 2.10. The first-order valence-corrected chi connectivity index (χ1v) is 3.65. The van der Waals surface area contributed by atoms with Gasteiger partial charge in [0.05, 0.1) is 17.6 Å². The van der Waals surface area contributed by atoms with Crippen LogP contribution in [0.25, 0.3) is 0 Å². The molecule has 0 amide bonds. The summed E-state index contributed by atoms with van der Waals surface area (Å²) in [6.45, 7) is 1.72. The highest BCUT2D eigenvalue weighted by Gasteiger charge is 2.32. The lowest BCUT2D eigenvalue weighted by Gasteiger charge is -2.22. The number of hydrogen-bond donors (Lipinski definition) is 0. The summed E-state index contributed by atoms with van der Waals surface area (Å²) in [6.07, 6.45) is 3.22. The van der Waals surface area contributed by atoms with Crippen LogP contribution in [0.15, 0.2) is 12.2 Å². The summed E-state index contributed by atoms with van der Waals surface area (Å²) in [5.74, 6) is -0.829. The van der Waals surface area contributed by atoms with E-state index in [1.807, 2.05) is 6.07 Å². The number of rotatable bonds is 0. The third-order valence-corrected chi connectivity index (χ3v) is 2.00. The number of carbonyl (C=O) groups is 1. The Hall–Kier alpha value is -1.61. The molecule has 0 N–H and O–H groups in total. The normalized spacial score (nSPS) is 33.9. The molecule has 12 heavy (non-hydrogen) atoms. The molecule has 3 nitrogen and oxygen atoms in total. The molecule has 0 saturated carbocycles. The zero-order valence-electron chi connectivity index (χ0n) is 6.74. The average molecular weight is 160 g/mol. The molecule has 2 atom stereocenters. The van der Waals surface area contributed by atoms with E-state index in [1.54, 1.807) is 13.0 Å². The number of nitriles is 2. The van der Waals surface area contributed by atoms with Gasteiger partial charge in [0.1, 0.15) is 5.92 Å². The summed E-state index contributed by atoms with van der Waals surface area (Å²) in [5.41, 5.74) is -0.645. The third-order valence-electron chi connectivity index (χ3n) is 2.00. The molecule has 0 fully saturated rings. The summed E-state index contributed by atoms with van der Waals surface area (Å²) in [7, 11) is 0. The molecule has 0 aromatic carbocycles. The topological polar surface area (TPSA) is 64.7 Å². The van der Waals surface area contributed by atoms with Gasteiger partial charge in [-0.2, -0.15) is 10.5 Å². The van der Waals surface area contributed by atoms with Crippen molar-refractivity contribution in [2.24, 2.45) is 11.3 Å². The first-order valence-electron chi connectivity index (χ1n) is 3.65. The molecule has 0 spiro atoms. The molecule has 1 aliphatic rings. The zero-order valence-corrected chi connectivity index (χ0v) is 6.74. The summed E-state index contributed by atoms with van der Waals surface area (Å²) in [5, 5.41) is 17.3. The highest BCUT2D eigenvalue weighted by molar-refractivity contribution is 5.94. The molecule has 0 aliphatic heterocycles. The van der Waals surface area contributed by atoms with Crippen molar-refractivity contribution in [3.8, 4) is 12.1 Å². The molecule has 1 aliphatic carbocycles. The fourth-order valence-corrected chi connectivity index (χ4v) is 1.17. The van der Waals surface area contributed by atoms with E-state index in [0.717, 1.165) is 0 Å². The van der Waals surface area contributed by atoms with Crippen molar-refractivity contribution in [2.75, 3.05) is 0 Å². The fourth-order valence-electron chi connectivity index (χ4n) is 1.17. The summed E-state index contributed by atoms with van der Waals surface area (Å²) >= 11 is 0. The van der Waals surface area contributed by atoms with Crippen LogP contribution in [0.5, 0.6) is 0 Å². The minimum atomic E-state index is -0.645. The van der Waals surface area contributed by atoms with Crippen LogP contribution < -0.4 is 0 Å². The van der Waals surface area contributed by atoms with Gasteiger partial charge < -0.3 is 0 Å². The van der Waals surface area contributed by atoms with Gasteiger partial charge in [0.25, 0.3) is 0 Å². The Kier molecular flexibility index (Phi) is 1.97. The molecule has 60 valence electrons. The van der Waals surface area contributed by atoms with E-state index in [-0.39, 0.29) is 5.78 Å². The molecular weight excluding hydrogens is 152 g/mol. The van der Waals surface area contributed by atoms with Crippen LogP contribution in [0, 0.1) is 34.0 Å². The van der Waals surface area contributed by atoms with Gasteiger partial charge in [0, 0.05) is 0 Å². The van der Waals surface area contributed by atoms with E-state index in [1.165, 1.54) is 6.08 Å². The molecule has 0 aromatic heterocycles. The predicted molar refractivity (Wildman–Crippen MR) is 41.6 cm³/mol. The van der Waals surface area contributed by atoms with Crippen molar-refractivity contribution >= 4 is 5.78 Å². The molecule has 2 unspecified atom stereocenters. The molecule has 0 saturated heterocycles. The number of nitrogens with zero attached hydrogens (tertiary/aromatic N) is 2. The lowest BCUT2D eigenvalue weighted by molar-refractivity contribution is -0.117. The highest BCUT2D eigenvalue weighted by Crippen LogP contribution is 2.31. The van der Waals surface area contributed by atoms with Gasteiger partial charge in [-0.1, -0.05) is 6.08 Å². The lowest BCUT2D eigenvalue weighted by atomic mass is 9.76. The SMILES string of the molecule is CC1(C#N)C=CC(=O)C(C#N)C1. The first-order chi connectivity index (χ1) is 5.61. The third kappa shape index (κ3) is 1.35. The quantitative estimate of drug-likeness (QED) is 0.534. The van der Waals surface area contributed by atoms with Crippen LogP contribution in [0.2, 0.25) is 0 Å². The maximum Gasteiger partial charge on any atom is 0.172 e. The van der Waals surface area contributed by atoms with Crippen LogP contribution in [0.4, 0.5) is 0 Å². The number of carbonyl (C=O) groups excluding carboxylic acids is 1. The highest BCUT2D eigenvalue weighted by atomic mass is 16.1. The molecule has 0 bridgehead atoms. The van der Waals surface area contributed by atoms with Gasteiger partial charge >= 0.3 is 0 Å². The monoisotopic (exact) mass is 160 g/mol. The largest absolute Gasteiger partial charge is 0.293 e. The minimum Gasteiger partial charge on any atom is -0.293 e. The van der Waals surface area contributed by atoms with Gasteiger partial charge in [-0.05, 0) is 19.4 Å². The Balaban J connectivity index is 2.96. The minimum absolute atomic E-state index is 0.190. The van der Waals surface area contributed by atoms with E-state index in [2.05, 4.69) is 6.07 Å².